The van der Waals surface area contributed by atoms with E-state index in [1.165, 1.54) is 18.4 Å². The number of benzene rings is 2. The lowest BCUT2D eigenvalue weighted by Gasteiger charge is -2.05. The van der Waals surface area contributed by atoms with E-state index in [1.807, 2.05) is 10.8 Å². The number of aliphatic hydroxyl groups is 1. The monoisotopic (exact) mass is 334 g/mol. The summed E-state index contributed by atoms with van der Waals surface area (Å²) in [5.74, 6) is 0.0580. The highest BCUT2D eigenvalue weighted by atomic mass is 17.2. The third-order valence-corrected chi connectivity index (χ3v) is 3.01. The molecule has 5 N–H and O–H groups in total. The predicted octanol–water partition coefficient (Wildman–Crippen LogP) is 2.43. The Morgan fingerprint density at radius 3 is 2.33 bits per heavy atom. The molecule has 2 aromatic carbocycles. The van der Waals surface area contributed by atoms with E-state index in [9.17, 15) is 9.90 Å². The molecule has 0 radical (unpaired) electrons. The number of fused-ring (bicyclic) bond motifs is 1. The van der Waals surface area contributed by atoms with Gasteiger partial charge in [-0.25, -0.2) is 0 Å². The highest BCUT2D eigenvalue weighted by Crippen LogP contribution is 2.25. The van der Waals surface area contributed by atoms with Crippen molar-refractivity contribution in [3.8, 4) is 16.9 Å². The lowest BCUT2D eigenvalue weighted by atomic mass is 10.0. The second kappa shape index (κ2) is 8.91. The van der Waals surface area contributed by atoms with Crippen molar-refractivity contribution in [1.82, 2.24) is 0 Å². The molecule has 8 heteroatoms. The molecule has 0 aliphatic carbocycles. The molecule has 3 rings (SSSR count). The normalized spacial score (nSPS) is 9.25. The number of nitrogens with two attached hydrogens (primary N) is 1. The van der Waals surface area contributed by atoms with Crippen molar-refractivity contribution in [3.63, 3.8) is 0 Å². The van der Waals surface area contributed by atoms with Crippen LogP contribution in [0.1, 0.15) is 0 Å². The van der Waals surface area contributed by atoms with Gasteiger partial charge in [-0.2, -0.15) is 0 Å². The zero-order valence-corrected chi connectivity index (χ0v) is 12.7. The summed E-state index contributed by atoms with van der Waals surface area (Å²) in [7, 11) is 1.00. The summed E-state index contributed by atoms with van der Waals surface area (Å²) in [6.45, 7) is 0. The van der Waals surface area contributed by atoms with Crippen molar-refractivity contribution in [3.05, 3.63) is 68.7 Å². The first-order chi connectivity index (χ1) is 11.6. The minimum atomic E-state index is -0.167. The van der Waals surface area contributed by atoms with Crippen molar-refractivity contribution in [2.45, 2.75) is 0 Å². The molecule has 0 unspecified atom stereocenters. The van der Waals surface area contributed by atoms with Crippen molar-refractivity contribution < 1.29 is 19.9 Å². The third-order valence-electron chi connectivity index (χ3n) is 3.01. The van der Waals surface area contributed by atoms with Crippen molar-refractivity contribution in [2.24, 2.45) is 0 Å². The van der Waals surface area contributed by atoms with Gasteiger partial charge in [-0.15, -0.1) is 0 Å². The zero-order chi connectivity index (χ0) is 18.1. The third kappa shape index (κ3) is 4.08. The van der Waals surface area contributed by atoms with E-state index in [0.717, 1.165) is 7.11 Å². The van der Waals surface area contributed by atoms with Gasteiger partial charge in [0, 0.05) is 24.4 Å². The number of hydrogen-bond donors (Lipinski definition) is 4. The van der Waals surface area contributed by atoms with Crippen molar-refractivity contribution in [1.29, 1.82) is 0 Å². The summed E-state index contributed by atoms with van der Waals surface area (Å²) in [6.07, 6.45) is 1.37. The maximum absolute atomic E-state index is 12.4. The summed E-state index contributed by atoms with van der Waals surface area (Å²) < 4.78 is 7.40. The first-order valence-corrected chi connectivity index (χ1v) is 6.56. The molecule has 1 heterocycles. The molecule has 0 atom stereocenters. The Morgan fingerprint density at radius 1 is 1.08 bits per heavy atom. The molecular formula is C16H16NO7+. The maximum atomic E-state index is 12.4. The molecule has 0 saturated carbocycles. The van der Waals surface area contributed by atoms with Gasteiger partial charge in [0.15, 0.2) is 0 Å². The van der Waals surface area contributed by atoms with Gasteiger partial charge in [0.25, 0.3) is 4.96 Å². The number of phenolic OH excluding ortho intramolecular Hbond substituents is 1. The topological polar surface area (TPSA) is 145 Å². The standard InChI is InChI=1S/C15H11NO3.CH4O.HO3/c16-13-4-2-1-3-10(13)12-8-19-14-7-9(17)5-6-11(14)15(12)18;1-2;1-3-2/h1-8,17H,16H2;2H,1H3;1H/q;;+1. The number of nitrogen functional groups attached to an aromatic ring is 1. The molecule has 0 amide bonds. The molecule has 0 saturated heterocycles. The summed E-state index contributed by atoms with van der Waals surface area (Å²) in [6, 6.07) is 11.5. The fourth-order valence-electron chi connectivity index (χ4n) is 2.05. The Labute approximate surface area is 135 Å². The molecule has 24 heavy (non-hydrogen) atoms. The van der Waals surface area contributed by atoms with E-state index in [4.69, 9.17) is 25.5 Å². The Balaban J connectivity index is 0.000000521. The highest BCUT2D eigenvalue weighted by molar-refractivity contribution is 5.85. The summed E-state index contributed by atoms with van der Waals surface area (Å²) in [4.78, 5) is 20.4. The molecule has 0 spiro atoms. The first-order valence-electron chi connectivity index (χ1n) is 6.56. The van der Waals surface area contributed by atoms with Crippen LogP contribution >= 0.6 is 0 Å². The average Bonchev–Trinajstić information content (AvgIpc) is 2.59. The second-order valence-corrected chi connectivity index (χ2v) is 4.32. The van der Waals surface area contributed by atoms with Gasteiger partial charge in [0.05, 0.1) is 10.9 Å². The fraction of sp³-hybridized carbons (Fsp3) is 0.0625. The zero-order valence-electron chi connectivity index (χ0n) is 12.7. The van der Waals surface area contributed by atoms with E-state index in [0.29, 0.717) is 27.8 Å². The molecule has 0 fully saturated rings. The molecule has 0 aliphatic rings. The minimum Gasteiger partial charge on any atom is -0.508 e. The van der Waals surface area contributed by atoms with Crippen LogP contribution in [-0.2, 0) is 0 Å². The quantitative estimate of drug-likeness (QED) is 0.231. The van der Waals surface area contributed by atoms with E-state index in [1.54, 1.807) is 24.3 Å². The SMILES string of the molecule is CO.Nc1ccccc1-c1coc2cc(O)ccc2c1=O.O=[O+]O. The number of aromatic hydroxyl groups is 1. The number of aliphatic hydroxyl groups excluding tert-OH is 1. The van der Waals surface area contributed by atoms with Crippen LogP contribution in [0.3, 0.4) is 0 Å². The molecule has 126 valence electrons. The van der Waals surface area contributed by atoms with Gasteiger partial charge >= 0.3 is 4.75 Å². The lowest BCUT2D eigenvalue weighted by Crippen LogP contribution is -2.06. The van der Waals surface area contributed by atoms with Crippen LogP contribution < -0.4 is 11.2 Å². The van der Waals surface area contributed by atoms with E-state index in [-0.39, 0.29) is 11.2 Å². The van der Waals surface area contributed by atoms with Crippen LogP contribution in [0.4, 0.5) is 5.69 Å². The molecule has 0 aliphatic heterocycles. The minimum absolute atomic E-state index is 0.0580. The van der Waals surface area contributed by atoms with Gasteiger partial charge in [-0.3, -0.25) is 4.79 Å². The number of rotatable bonds is 1. The smallest absolute Gasteiger partial charge is 0.374 e. The van der Waals surface area contributed by atoms with Crippen LogP contribution in [0.25, 0.3) is 22.1 Å². The Morgan fingerprint density at radius 2 is 1.71 bits per heavy atom. The number of anilines is 1. The van der Waals surface area contributed by atoms with Gasteiger partial charge in [-0.05, 0) is 18.2 Å². The Hall–Kier alpha value is -3.39. The Kier molecular flexibility index (Phi) is 6.93. The molecule has 3 aromatic rings. The van der Waals surface area contributed by atoms with Gasteiger partial charge < -0.3 is 20.4 Å². The van der Waals surface area contributed by atoms with Crippen molar-refractivity contribution >= 4 is 16.7 Å². The highest BCUT2D eigenvalue weighted by Gasteiger charge is 2.11. The molecule has 8 nitrogen and oxygen atoms in total. The summed E-state index contributed by atoms with van der Waals surface area (Å²) in [5, 5.41) is 23.3. The maximum Gasteiger partial charge on any atom is 0.374 e. The second-order valence-electron chi connectivity index (χ2n) is 4.32. The van der Waals surface area contributed by atoms with E-state index in [2.05, 4.69) is 0 Å². The van der Waals surface area contributed by atoms with E-state index < -0.39 is 0 Å². The van der Waals surface area contributed by atoms with Gasteiger partial charge in [0.2, 0.25) is 5.43 Å². The fourth-order valence-corrected chi connectivity index (χ4v) is 2.05. The number of para-hydroxylation sites is 1. The molecular weight excluding hydrogens is 318 g/mol. The first kappa shape index (κ1) is 18.7. The van der Waals surface area contributed by atoms with E-state index >= 15 is 0 Å². The number of hydrogen-bond acceptors (Lipinski definition) is 6. The van der Waals surface area contributed by atoms with Crippen molar-refractivity contribution in [2.75, 3.05) is 12.8 Å². The largest absolute Gasteiger partial charge is 0.508 e. The summed E-state index contributed by atoms with van der Waals surface area (Å²) >= 11 is 0. The van der Waals surface area contributed by atoms with Crippen LogP contribution in [0.15, 0.2) is 57.9 Å². The summed E-state index contributed by atoms with van der Waals surface area (Å²) in [5.41, 5.74) is 7.63. The molecule has 0 bridgehead atoms. The van der Waals surface area contributed by atoms with Gasteiger partial charge in [-0.1, -0.05) is 23.5 Å². The Bertz CT molecular complexity index is 874. The van der Waals surface area contributed by atoms with Crippen LogP contribution in [-0.4, -0.2) is 22.6 Å². The van der Waals surface area contributed by atoms with Crippen LogP contribution in [0.5, 0.6) is 5.75 Å². The van der Waals surface area contributed by atoms with Crippen LogP contribution in [0.2, 0.25) is 0 Å². The average molecular weight is 334 g/mol. The van der Waals surface area contributed by atoms with Gasteiger partial charge in [0.1, 0.15) is 17.6 Å². The van der Waals surface area contributed by atoms with Crippen LogP contribution in [0, 0.1) is 9.71 Å². The molecule has 1 aromatic heterocycles. The number of phenols is 1. The lowest BCUT2D eigenvalue weighted by molar-refractivity contribution is 0.399. The predicted molar refractivity (Wildman–Crippen MR) is 91.5 cm³/mol.